The van der Waals surface area contributed by atoms with Crippen LogP contribution >= 0.6 is 0 Å². The fourth-order valence-corrected chi connectivity index (χ4v) is 7.20. The molecule has 0 spiro atoms. The number of benzene rings is 7. The van der Waals surface area contributed by atoms with Crippen LogP contribution in [0.1, 0.15) is 30.0 Å². The van der Waals surface area contributed by atoms with Gasteiger partial charge in [0.05, 0.1) is 11.4 Å². The van der Waals surface area contributed by atoms with Gasteiger partial charge in [0.2, 0.25) is 0 Å². The minimum Gasteiger partial charge on any atom is -0.310 e. The lowest BCUT2D eigenvalue weighted by molar-refractivity contribution is 0.728. The van der Waals surface area contributed by atoms with Crippen molar-refractivity contribution in [2.75, 3.05) is 9.80 Å². The fourth-order valence-electron chi connectivity index (χ4n) is 7.20. The summed E-state index contributed by atoms with van der Waals surface area (Å²) in [4.78, 5) is 4.94. The topological polar surface area (TPSA) is 6.48 Å². The summed E-state index contributed by atoms with van der Waals surface area (Å²) >= 11 is 0. The van der Waals surface area contributed by atoms with Crippen LogP contribution in [0.5, 0.6) is 0 Å². The predicted molar refractivity (Wildman–Crippen MR) is 215 cm³/mol. The molecular formula is C48H42N2. The van der Waals surface area contributed by atoms with Crippen molar-refractivity contribution in [1.82, 2.24) is 0 Å². The van der Waals surface area contributed by atoms with E-state index in [0.29, 0.717) is 5.92 Å². The average Bonchev–Trinajstić information content (AvgIpc) is 3.15. The molecule has 0 saturated heterocycles. The molecular weight excluding hydrogens is 605 g/mol. The Hall–Kier alpha value is -5.86. The van der Waals surface area contributed by atoms with Crippen LogP contribution in [-0.4, -0.2) is 0 Å². The number of fused-ring (bicyclic) bond motifs is 2. The quantitative estimate of drug-likeness (QED) is 0.126. The summed E-state index contributed by atoms with van der Waals surface area (Å²) in [7, 11) is 0. The number of hydrogen-bond acceptors (Lipinski definition) is 2. The van der Waals surface area contributed by atoms with Crippen LogP contribution in [0.15, 0.2) is 170 Å². The molecule has 2 heteroatoms. The van der Waals surface area contributed by atoms with Crippen LogP contribution in [0.2, 0.25) is 0 Å². The second-order valence-electron chi connectivity index (χ2n) is 13.7. The van der Waals surface area contributed by atoms with E-state index in [1.807, 2.05) is 0 Å². The minimum atomic E-state index is 0.511. The molecule has 7 aromatic carbocycles. The maximum atomic E-state index is 2.49. The number of nitrogens with zero attached hydrogens (tertiary/aromatic N) is 2. The zero-order chi connectivity index (χ0) is 34.2. The molecule has 244 valence electrons. The third kappa shape index (κ3) is 5.88. The molecule has 8 rings (SSSR count). The lowest BCUT2D eigenvalue weighted by Crippen LogP contribution is -2.19. The molecule has 0 aliphatic heterocycles. The van der Waals surface area contributed by atoms with Gasteiger partial charge >= 0.3 is 0 Å². The monoisotopic (exact) mass is 646 g/mol. The number of anilines is 5. The molecule has 1 aliphatic rings. The normalized spacial score (nSPS) is 14.2. The van der Waals surface area contributed by atoms with Gasteiger partial charge in [0.1, 0.15) is 0 Å². The first kappa shape index (κ1) is 31.4. The maximum absolute atomic E-state index is 2.49. The molecule has 0 radical (unpaired) electrons. The van der Waals surface area contributed by atoms with Gasteiger partial charge in [-0.15, -0.1) is 0 Å². The average molecular weight is 647 g/mol. The van der Waals surface area contributed by atoms with Gasteiger partial charge in [-0.3, -0.25) is 0 Å². The van der Waals surface area contributed by atoms with Crippen LogP contribution in [0.25, 0.3) is 32.7 Å². The zero-order valence-electron chi connectivity index (χ0n) is 29.3. The van der Waals surface area contributed by atoms with Crippen molar-refractivity contribution in [2.45, 2.75) is 34.1 Å². The Balaban J connectivity index is 1.52. The number of hydrogen-bond donors (Lipinski definition) is 0. The summed E-state index contributed by atoms with van der Waals surface area (Å²) in [5, 5.41) is 4.82. The molecule has 1 unspecified atom stereocenters. The highest BCUT2D eigenvalue weighted by atomic mass is 15.2. The van der Waals surface area contributed by atoms with Gasteiger partial charge in [0.15, 0.2) is 0 Å². The van der Waals surface area contributed by atoms with Gasteiger partial charge in [-0.05, 0) is 92.8 Å². The van der Waals surface area contributed by atoms with Crippen LogP contribution in [0.3, 0.4) is 0 Å². The lowest BCUT2D eigenvalue weighted by Gasteiger charge is -2.34. The first-order chi connectivity index (χ1) is 24.4. The molecule has 2 nitrogen and oxygen atoms in total. The summed E-state index contributed by atoms with van der Waals surface area (Å²) in [5.74, 6) is 0.511. The van der Waals surface area contributed by atoms with E-state index in [1.165, 1.54) is 66.4 Å². The molecule has 0 aromatic heterocycles. The minimum absolute atomic E-state index is 0.511. The molecule has 1 atom stereocenters. The first-order valence-electron chi connectivity index (χ1n) is 17.7. The molecule has 50 heavy (non-hydrogen) atoms. The van der Waals surface area contributed by atoms with Crippen molar-refractivity contribution in [1.29, 1.82) is 0 Å². The molecule has 0 saturated carbocycles. The molecule has 0 heterocycles. The van der Waals surface area contributed by atoms with Gasteiger partial charge in [0.25, 0.3) is 0 Å². The highest BCUT2D eigenvalue weighted by Gasteiger charge is 2.26. The number of allylic oxidation sites excluding steroid dienone is 3. The molecule has 0 bridgehead atoms. The Morgan fingerprint density at radius 2 is 0.940 bits per heavy atom. The summed E-state index contributed by atoms with van der Waals surface area (Å²) in [6, 6.07) is 53.6. The van der Waals surface area contributed by atoms with Gasteiger partial charge < -0.3 is 9.80 Å². The van der Waals surface area contributed by atoms with Gasteiger partial charge in [-0.2, -0.15) is 0 Å². The summed E-state index contributed by atoms with van der Waals surface area (Å²) in [6.45, 7) is 8.75. The van der Waals surface area contributed by atoms with E-state index in [0.717, 1.165) is 23.5 Å². The zero-order valence-corrected chi connectivity index (χ0v) is 29.3. The fraction of sp³-hybridized carbons (Fsp3) is 0.125. The summed E-state index contributed by atoms with van der Waals surface area (Å²) in [5.41, 5.74) is 13.1. The third-order valence-corrected chi connectivity index (χ3v) is 9.95. The Labute approximate surface area is 296 Å². The van der Waals surface area contributed by atoms with E-state index in [-0.39, 0.29) is 0 Å². The third-order valence-electron chi connectivity index (χ3n) is 9.95. The predicted octanol–water partition coefficient (Wildman–Crippen LogP) is 13.7. The first-order valence-corrected chi connectivity index (χ1v) is 17.7. The van der Waals surface area contributed by atoms with Gasteiger partial charge in [-0.1, -0.05) is 139 Å². The molecule has 7 aromatic rings. The Bertz CT molecular complexity index is 2320. The molecule has 0 fully saturated rings. The summed E-state index contributed by atoms with van der Waals surface area (Å²) < 4.78 is 0. The van der Waals surface area contributed by atoms with Crippen molar-refractivity contribution >= 4 is 50.0 Å². The van der Waals surface area contributed by atoms with Crippen LogP contribution in [0, 0.1) is 26.7 Å². The van der Waals surface area contributed by atoms with E-state index in [4.69, 9.17) is 0 Å². The van der Waals surface area contributed by atoms with Crippen molar-refractivity contribution in [3.05, 3.63) is 186 Å². The van der Waals surface area contributed by atoms with E-state index in [1.54, 1.807) is 0 Å². The van der Waals surface area contributed by atoms with E-state index in [9.17, 15) is 0 Å². The highest BCUT2D eigenvalue weighted by Crippen LogP contribution is 2.51. The van der Waals surface area contributed by atoms with Crippen molar-refractivity contribution in [2.24, 2.45) is 5.92 Å². The SMILES string of the molecule is Cc1ccc(N(C2=CCC(C)C=C2)c2c3ccccc3c(N(c3ccc(C)cc3)c3ccc(C)cc3)c3ccc(-c4ccccc4)cc23)cc1. The molecule has 0 N–H and O–H groups in total. The summed E-state index contributed by atoms with van der Waals surface area (Å²) in [6.07, 6.45) is 8.08. The lowest BCUT2D eigenvalue weighted by atomic mass is 9.92. The maximum Gasteiger partial charge on any atom is 0.0620 e. The molecule has 0 amide bonds. The van der Waals surface area contributed by atoms with Crippen LogP contribution < -0.4 is 9.80 Å². The largest absolute Gasteiger partial charge is 0.310 e. The number of aryl methyl sites for hydroxylation is 3. The second-order valence-corrected chi connectivity index (χ2v) is 13.7. The standard InChI is InChI=1S/C48H42N2/c1-33-14-23-39(24-15-33)49(40-25-16-34(2)17-26-40)47-43-12-8-9-13-44(43)48(46-32-38(22-31-45(46)47)37-10-6-5-7-11-37)50(41-27-18-35(3)19-28-41)42-29-20-36(4)21-30-42/h5-20,22-32,36H,21H2,1-4H3. The number of rotatable bonds is 7. The van der Waals surface area contributed by atoms with Gasteiger partial charge in [-0.25, -0.2) is 0 Å². The van der Waals surface area contributed by atoms with Gasteiger partial charge in [0, 0.05) is 44.3 Å². The van der Waals surface area contributed by atoms with Crippen LogP contribution in [-0.2, 0) is 0 Å². The van der Waals surface area contributed by atoms with Crippen LogP contribution in [0.4, 0.5) is 28.4 Å². The van der Waals surface area contributed by atoms with Crippen molar-refractivity contribution in [3.63, 3.8) is 0 Å². The van der Waals surface area contributed by atoms with E-state index in [2.05, 4.69) is 201 Å². The van der Waals surface area contributed by atoms with Crippen molar-refractivity contribution < 1.29 is 0 Å². The Morgan fingerprint density at radius 3 is 1.46 bits per heavy atom. The Kier molecular flexibility index (Phi) is 8.30. The Morgan fingerprint density at radius 1 is 0.460 bits per heavy atom. The van der Waals surface area contributed by atoms with E-state index >= 15 is 0 Å². The highest BCUT2D eigenvalue weighted by molar-refractivity contribution is 6.23. The molecule has 1 aliphatic carbocycles. The smallest absolute Gasteiger partial charge is 0.0620 e. The van der Waals surface area contributed by atoms with Crippen molar-refractivity contribution in [3.8, 4) is 11.1 Å². The van der Waals surface area contributed by atoms with E-state index < -0.39 is 0 Å². The second kappa shape index (κ2) is 13.2.